The van der Waals surface area contributed by atoms with Crippen LogP contribution in [-0.4, -0.2) is 35.1 Å². The quantitative estimate of drug-likeness (QED) is 0.694. The van der Waals surface area contributed by atoms with Crippen molar-refractivity contribution in [2.45, 2.75) is 19.3 Å². The molecule has 1 N–H and O–H groups in total. The molecule has 2 heterocycles. The van der Waals surface area contributed by atoms with E-state index in [1.165, 1.54) is 0 Å². The van der Waals surface area contributed by atoms with Gasteiger partial charge in [-0.1, -0.05) is 25.1 Å². The summed E-state index contributed by atoms with van der Waals surface area (Å²) < 4.78 is 0. The lowest BCUT2D eigenvalue weighted by Gasteiger charge is -2.18. The first-order valence-electron chi connectivity index (χ1n) is 8.37. The summed E-state index contributed by atoms with van der Waals surface area (Å²) in [5, 5.41) is 10.1. The van der Waals surface area contributed by atoms with Gasteiger partial charge >= 0.3 is 5.97 Å². The first kappa shape index (κ1) is 18.1. The minimum absolute atomic E-state index is 0.0785. The van der Waals surface area contributed by atoms with Crippen LogP contribution in [0, 0.1) is 0 Å². The fourth-order valence-electron chi connectivity index (χ4n) is 2.90. The van der Waals surface area contributed by atoms with Crippen molar-refractivity contribution in [3.8, 4) is 21.8 Å². The molecule has 1 aromatic carbocycles. The summed E-state index contributed by atoms with van der Waals surface area (Å²) in [5.41, 5.74) is 3.92. The Kier molecular flexibility index (Phi) is 5.32. The molecular formula is C20H21N3O2S. The summed E-state index contributed by atoms with van der Waals surface area (Å²) in [4.78, 5) is 23.2. The minimum atomic E-state index is -0.803. The lowest BCUT2D eigenvalue weighted by Crippen LogP contribution is -2.10. The van der Waals surface area contributed by atoms with E-state index in [0.717, 1.165) is 32.4 Å². The van der Waals surface area contributed by atoms with Crippen molar-refractivity contribution in [1.29, 1.82) is 0 Å². The zero-order valence-electron chi connectivity index (χ0n) is 15.0. The highest BCUT2D eigenvalue weighted by molar-refractivity contribution is 7.15. The summed E-state index contributed by atoms with van der Waals surface area (Å²) in [6.07, 6.45) is 3.56. The van der Waals surface area contributed by atoms with E-state index in [-0.39, 0.29) is 12.3 Å². The van der Waals surface area contributed by atoms with Gasteiger partial charge in [0.25, 0.3) is 0 Å². The highest BCUT2D eigenvalue weighted by Gasteiger charge is 2.23. The second-order valence-corrected chi connectivity index (χ2v) is 7.41. The molecular weight excluding hydrogens is 346 g/mol. The summed E-state index contributed by atoms with van der Waals surface area (Å²) in [6, 6.07) is 11.9. The van der Waals surface area contributed by atoms with Crippen LogP contribution in [0.4, 0.5) is 5.69 Å². The number of pyridine rings is 1. The second-order valence-electron chi connectivity index (χ2n) is 6.38. The Morgan fingerprint density at radius 3 is 2.54 bits per heavy atom. The van der Waals surface area contributed by atoms with Gasteiger partial charge in [0, 0.05) is 54.1 Å². The van der Waals surface area contributed by atoms with E-state index in [1.807, 2.05) is 62.3 Å². The van der Waals surface area contributed by atoms with Crippen molar-refractivity contribution in [2.24, 2.45) is 0 Å². The number of aromatic nitrogens is 2. The number of nitrogens with zero attached hydrogens (tertiary/aromatic N) is 3. The zero-order chi connectivity index (χ0) is 18.7. The van der Waals surface area contributed by atoms with Gasteiger partial charge in [-0.2, -0.15) is 0 Å². The third-order valence-electron chi connectivity index (χ3n) is 4.15. The van der Waals surface area contributed by atoms with Crippen LogP contribution in [0.1, 0.15) is 24.1 Å². The molecule has 0 saturated heterocycles. The van der Waals surface area contributed by atoms with Crippen LogP contribution in [0.3, 0.4) is 0 Å². The molecule has 5 nitrogen and oxygen atoms in total. The maximum absolute atomic E-state index is 11.3. The van der Waals surface area contributed by atoms with Crippen molar-refractivity contribution in [1.82, 2.24) is 9.97 Å². The summed E-state index contributed by atoms with van der Waals surface area (Å²) in [7, 11) is 3.99. The first-order valence-corrected chi connectivity index (χ1v) is 9.18. The van der Waals surface area contributed by atoms with Crippen molar-refractivity contribution >= 4 is 23.0 Å². The van der Waals surface area contributed by atoms with Crippen LogP contribution in [0.15, 0.2) is 48.8 Å². The van der Waals surface area contributed by atoms with Gasteiger partial charge in [-0.15, -0.1) is 11.3 Å². The van der Waals surface area contributed by atoms with Gasteiger partial charge in [-0.3, -0.25) is 9.78 Å². The Labute approximate surface area is 157 Å². The summed E-state index contributed by atoms with van der Waals surface area (Å²) in [5.74, 6) is -0.922. The van der Waals surface area contributed by atoms with E-state index in [1.54, 1.807) is 23.7 Å². The molecule has 26 heavy (non-hydrogen) atoms. The number of hydrogen-bond donors (Lipinski definition) is 1. The Balaban J connectivity index is 2.17. The lowest BCUT2D eigenvalue weighted by molar-refractivity contribution is -0.137. The highest BCUT2D eigenvalue weighted by Crippen LogP contribution is 2.41. The Hall–Kier alpha value is -2.73. The second kappa shape index (κ2) is 7.66. The molecule has 134 valence electrons. The van der Waals surface area contributed by atoms with Gasteiger partial charge in [0.2, 0.25) is 0 Å². The van der Waals surface area contributed by atoms with Gasteiger partial charge in [0.05, 0.1) is 12.1 Å². The fraction of sp³-hybridized carbons (Fsp3) is 0.250. The number of rotatable bonds is 6. The number of aliphatic carboxylic acids is 1. The van der Waals surface area contributed by atoms with Crippen LogP contribution < -0.4 is 4.90 Å². The standard InChI is InChI=1S/C20H21N3O2S/c1-13(12-17(24)25)19-18(15-6-4-5-7-16(15)23(2)3)22-20(26-19)14-8-10-21-11-9-14/h4-11,13H,12H2,1-3H3,(H,24,25). The Morgan fingerprint density at radius 1 is 1.19 bits per heavy atom. The Bertz CT molecular complexity index is 906. The largest absolute Gasteiger partial charge is 0.481 e. The summed E-state index contributed by atoms with van der Waals surface area (Å²) in [6.45, 7) is 1.94. The molecule has 0 radical (unpaired) electrons. The van der Waals surface area contributed by atoms with Crippen molar-refractivity contribution in [2.75, 3.05) is 19.0 Å². The summed E-state index contributed by atoms with van der Waals surface area (Å²) >= 11 is 1.56. The number of para-hydroxylation sites is 1. The van der Waals surface area contributed by atoms with Gasteiger partial charge in [-0.05, 0) is 18.2 Å². The predicted octanol–water partition coefficient (Wildman–Crippen LogP) is 4.52. The molecule has 0 bridgehead atoms. The van der Waals surface area contributed by atoms with Crippen molar-refractivity contribution in [3.05, 3.63) is 53.7 Å². The molecule has 1 atom stereocenters. The van der Waals surface area contributed by atoms with Crippen molar-refractivity contribution < 1.29 is 9.90 Å². The third kappa shape index (κ3) is 3.75. The molecule has 0 aliphatic carbocycles. The molecule has 0 spiro atoms. The molecule has 0 aliphatic rings. The number of carboxylic acids is 1. The third-order valence-corrected chi connectivity index (χ3v) is 5.49. The smallest absolute Gasteiger partial charge is 0.303 e. The number of thiazole rings is 1. The molecule has 0 aliphatic heterocycles. The van der Waals surface area contributed by atoms with E-state index < -0.39 is 5.97 Å². The number of hydrogen-bond acceptors (Lipinski definition) is 5. The van der Waals surface area contributed by atoms with E-state index in [0.29, 0.717) is 0 Å². The molecule has 0 fully saturated rings. The number of anilines is 1. The average Bonchev–Trinajstić information content (AvgIpc) is 3.07. The number of carbonyl (C=O) groups is 1. The van der Waals surface area contributed by atoms with E-state index in [4.69, 9.17) is 4.98 Å². The van der Waals surface area contributed by atoms with Crippen LogP contribution >= 0.6 is 11.3 Å². The Morgan fingerprint density at radius 2 is 1.88 bits per heavy atom. The fourth-order valence-corrected chi connectivity index (χ4v) is 4.03. The van der Waals surface area contributed by atoms with E-state index >= 15 is 0 Å². The number of benzene rings is 1. The molecule has 0 saturated carbocycles. The predicted molar refractivity (Wildman–Crippen MR) is 106 cm³/mol. The number of carboxylic acid groups (broad SMARTS) is 1. The highest BCUT2D eigenvalue weighted by atomic mass is 32.1. The maximum atomic E-state index is 11.3. The van der Waals surface area contributed by atoms with E-state index in [9.17, 15) is 9.90 Å². The average molecular weight is 367 g/mol. The molecule has 3 rings (SSSR count). The lowest BCUT2D eigenvalue weighted by atomic mass is 10.00. The van der Waals surface area contributed by atoms with Crippen LogP contribution in [0.2, 0.25) is 0 Å². The maximum Gasteiger partial charge on any atom is 0.303 e. The van der Waals surface area contributed by atoms with Gasteiger partial charge < -0.3 is 10.0 Å². The van der Waals surface area contributed by atoms with E-state index in [2.05, 4.69) is 4.98 Å². The zero-order valence-corrected chi connectivity index (χ0v) is 15.8. The minimum Gasteiger partial charge on any atom is -0.481 e. The SMILES string of the molecule is CC(CC(=O)O)c1sc(-c2ccncc2)nc1-c1ccccc1N(C)C. The normalized spacial score (nSPS) is 12.0. The van der Waals surface area contributed by atoms with Gasteiger partial charge in [0.15, 0.2) is 0 Å². The molecule has 0 amide bonds. The molecule has 2 aromatic heterocycles. The van der Waals surface area contributed by atoms with Gasteiger partial charge in [-0.25, -0.2) is 4.98 Å². The van der Waals surface area contributed by atoms with Crippen molar-refractivity contribution in [3.63, 3.8) is 0 Å². The van der Waals surface area contributed by atoms with Crippen LogP contribution in [0.5, 0.6) is 0 Å². The van der Waals surface area contributed by atoms with Crippen LogP contribution in [0.25, 0.3) is 21.8 Å². The first-order chi connectivity index (χ1) is 12.5. The molecule has 1 unspecified atom stereocenters. The topological polar surface area (TPSA) is 66.3 Å². The van der Waals surface area contributed by atoms with Gasteiger partial charge in [0.1, 0.15) is 5.01 Å². The molecule has 6 heteroatoms. The van der Waals surface area contributed by atoms with Crippen LogP contribution in [-0.2, 0) is 4.79 Å². The monoisotopic (exact) mass is 367 g/mol. The molecule has 3 aromatic rings.